The first kappa shape index (κ1) is 24.7. The lowest BCUT2D eigenvalue weighted by molar-refractivity contribution is -0.156. The molecule has 0 spiro atoms. The molecule has 1 aliphatic rings. The lowest BCUT2D eigenvalue weighted by atomic mass is 9.86. The number of alkyl carbamates (subject to hydrolysis) is 1. The zero-order valence-corrected chi connectivity index (χ0v) is 18.9. The highest BCUT2D eigenvalue weighted by atomic mass is 16.6. The van der Waals surface area contributed by atoms with Gasteiger partial charge < -0.3 is 19.5 Å². The second-order valence-corrected chi connectivity index (χ2v) is 9.32. The molecule has 1 rings (SSSR count). The predicted octanol–water partition coefficient (Wildman–Crippen LogP) is 4.84. The molecule has 0 unspecified atom stereocenters. The van der Waals surface area contributed by atoms with Gasteiger partial charge in [-0.25, -0.2) is 9.59 Å². The van der Waals surface area contributed by atoms with Gasteiger partial charge in [0.25, 0.3) is 0 Å². The molecule has 0 bridgehead atoms. The first-order valence-electron chi connectivity index (χ1n) is 10.8. The third kappa shape index (κ3) is 9.26. The number of hydrogen-bond acceptors (Lipinski definition) is 5. The Balaban J connectivity index is 2.86. The Kier molecular flexibility index (Phi) is 10.3. The smallest absolute Gasteiger partial charge is 0.408 e. The Morgan fingerprint density at radius 1 is 1.29 bits per heavy atom. The standard InChI is InChI=1S/C22H41NO5/c1-8-14-26-19-11-9-10-18(23-21(25)28-22(5,6)7)20(24)27-16(4)17(19)13-12-15(2)3/h15-19H,8-14H2,1-7H3,(H,23,25)/t16-,17-,18-,19-/m0/s1. The minimum absolute atomic E-state index is 0.0711. The van der Waals surface area contributed by atoms with Crippen LogP contribution in [0.15, 0.2) is 0 Å². The monoisotopic (exact) mass is 399 g/mol. The number of esters is 1. The van der Waals surface area contributed by atoms with Crippen molar-refractivity contribution in [1.82, 2.24) is 5.32 Å². The molecule has 1 saturated heterocycles. The molecule has 0 aromatic carbocycles. The van der Waals surface area contributed by atoms with E-state index in [4.69, 9.17) is 14.2 Å². The number of carbonyl (C=O) groups is 2. The van der Waals surface area contributed by atoms with E-state index in [9.17, 15) is 9.59 Å². The van der Waals surface area contributed by atoms with Crippen LogP contribution in [0.5, 0.6) is 0 Å². The second kappa shape index (κ2) is 11.6. The fourth-order valence-electron chi connectivity index (χ4n) is 3.51. The molecule has 0 radical (unpaired) electrons. The zero-order chi connectivity index (χ0) is 21.3. The Labute approximate surface area is 171 Å². The highest BCUT2D eigenvalue weighted by Crippen LogP contribution is 2.29. The maximum absolute atomic E-state index is 12.7. The van der Waals surface area contributed by atoms with E-state index in [1.807, 2.05) is 6.92 Å². The van der Waals surface area contributed by atoms with Crippen molar-refractivity contribution < 1.29 is 23.8 Å². The zero-order valence-electron chi connectivity index (χ0n) is 18.9. The Hall–Kier alpha value is -1.30. The van der Waals surface area contributed by atoms with Crippen LogP contribution in [0.1, 0.15) is 87.0 Å². The highest BCUT2D eigenvalue weighted by Gasteiger charge is 2.35. The summed E-state index contributed by atoms with van der Waals surface area (Å²) in [6.07, 6.45) is 4.39. The summed E-state index contributed by atoms with van der Waals surface area (Å²) in [5.41, 5.74) is -0.610. The molecule has 164 valence electrons. The van der Waals surface area contributed by atoms with Crippen LogP contribution in [0.2, 0.25) is 0 Å². The summed E-state index contributed by atoms with van der Waals surface area (Å²) in [4.78, 5) is 24.8. The number of amides is 1. The van der Waals surface area contributed by atoms with Gasteiger partial charge in [-0.1, -0.05) is 27.2 Å². The Morgan fingerprint density at radius 3 is 2.54 bits per heavy atom. The molecule has 1 aliphatic heterocycles. The molecule has 1 heterocycles. The number of cyclic esters (lactones) is 1. The van der Waals surface area contributed by atoms with Crippen LogP contribution in [0.4, 0.5) is 4.79 Å². The summed E-state index contributed by atoms with van der Waals surface area (Å²) in [5, 5.41) is 2.69. The molecule has 1 N–H and O–H groups in total. The number of rotatable bonds is 7. The Morgan fingerprint density at radius 2 is 1.96 bits per heavy atom. The van der Waals surface area contributed by atoms with Crippen LogP contribution in [0.3, 0.4) is 0 Å². The fourth-order valence-corrected chi connectivity index (χ4v) is 3.51. The van der Waals surface area contributed by atoms with Crippen LogP contribution in [0.25, 0.3) is 0 Å². The van der Waals surface area contributed by atoms with Gasteiger partial charge in [0.2, 0.25) is 0 Å². The van der Waals surface area contributed by atoms with Crippen LogP contribution >= 0.6 is 0 Å². The molecular weight excluding hydrogens is 358 g/mol. The van der Waals surface area contributed by atoms with E-state index in [2.05, 4.69) is 26.1 Å². The van der Waals surface area contributed by atoms with Crippen LogP contribution in [-0.2, 0) is 19.0 Å². The predicted molar refractivity (Wildman–Crippen MR) is 110 cm³/mol. The van der Waals surface area contributed by atoms with Gasteiger partial charge >= 0.3 is 12.1 Å². The normalized spacial score (nSPS) is 26.8. The molecule has 1 fully saturated rings. The molecule has 0 aromatic rings. The molecule has 0 aliphatic carbocycles. The van der Waals surface area contributed by atoms with Gasteiger partial charge in [-0.3, -0.25) is 0 Å². The first-order valence-corrected chi connectivity index (χ1v) is 10.8. The van der Waals surface area contributed by atoms with Crippen molar-refractivity contribution >= 4 is 12.1 Å². The van der Waals surface area contributed by atoms with Crippen molar-refractivity contribution in [3.63, 3.8) is 0 Å². The minimum atomic E-state index is -0.687. The molecule has 4 atom stereocenters. The molecule has 6 heteroatoms. The van der Waals surface area contributed by atoms with Crippen LogP contribution in [0, 0.1) is 11.8 Å². The first-order chi connectivity index (χ1) is 13.0. The minimum Gasteiger partial charge on any atom is -0.461 e. The van der Waals surface area contributed by atoms with Gasteiger partial charge in [0, 0.05) is 12.5 Å². The van der Waals surface area contributed by atoms with Crippen molar-refractivity contribution in [3.05, 3.63) is 0 Å². The summed E-state index contributed by atoms with van der Waals surface area (Å²) in [7, 11) is 0. The molecule has 1 amide bonds. The van der Waals surface area contributed by atoms with Gasteiger partial charge in [0.1, 0.15) is 17.7 Å². The van der Waals surface area contributed by atoms with E-state index in [-0.39, 0.29) is 24.1 Å². The molecule has 6 nitrogen and oxygen atoms in total. The van der Waals surface area contributed by atoms with E-state index >= 15 is 0 Å². The summed E-state index contributed by atoms with van der Waals surface area (Å²) in [5.74, 6) is 0.367. The van der Waals surface area contributed by atoms with E-state index in [1.165, 1.54) is 0 Å². The van der Waals surface area contributed by atoms with E-state index in [0.29, 0.717) is 18.9 Å². The van der Waals surface area contributed by atoms with Crippen molar-refractivity contribution in [2.45, 2.75) is 111 Å². The van der Waals surface area contributed by atoms with E-state index in [0.717, 1.165) is 32.1 Å². The quantitative estimate of drug-likeness (QED) is 0.620. The molecule has 28 heavy (non-hydrogen) atoms. The third-order valence-electron chi connectivity index (χ3n) is 4.95. The SMILES string of the molecule is CCCO[C@H]1CCC[C@H](NC(=O)OC(C)(C)C)C(=O)O[C@@H](C)[C@@H]1CCC(C)C. The molecular formula is C22H41NO5. The van der Waals surface area contributed by atoms with Crippen LogP contribution < -0.4 is 5.32 Å². The average molecular weight is 400 g/mol. The average Bonchev–Trinajstić information content (AvgIpc) is 2.60. The van der Waals surface area contributed by atoms with Gasteiger partial charge in [-0.15, -0.1) is 0 Å². The summed E-state index contributed by atoms with van der Waals surface area (Å²) < 4.78 is 17.2. The summed E-state index contributed by atoms with van der Waals surface area (Å²) in [6, 6.07) is -0.687. The van der Waals surface area contributed by atoms with Gasteiger partial charge in [0.05, 0.1) is 6.10 Å². The summed E-state index contributed by atoms with van der Waals surface area (Å²) in [6.45, 7) is 14.6. The Bertz CT molecular complexity index is 486. The molecule has 0 saturated carbocycles. The maximum Gasteiger partial charge on any atom is 0.408 e. The number of ether oxygens (including phenoxy) is 3. The number of nitrogens with one attached hydrogen (secondary N) is 1. The van der Waals surface area contributed by atoms with Crippen molar-refractivity contribution in [1.29, 1.82) is 0 Å². The second-order valence-electron chi connectivity index (χ2n) is 9.32. The lowest BCUT2D eigenvalue weighted by Crippen LogP contribution is -2.45. The molecule has 0 aromatic heterocycles. The van der Waals surface area contributed by atoms with Gasteiger partial charge in [-0.2, -0.15) is 0 Å². The number of hydrogen-bond donors (Lipinski definition) is 1. The van der Waals surface area contributed by atoms with Crippen molar-refractivity contribution in [2.75, 3.05) is 6.61 Å². The van der Waals surface area contributed by atoms with Crippen LogP contribution in [-0.4, -0.2) is 42.5 Å². The van der Waals surface area contributed by atoms with E-state index in [1.54, 1.807) is 20.8 Å². The summed E-state index contributed by atoms with van der Waals surface area (Å²) >= 11 is 0. The van der Waals surface area contributed by atoms with Crippen molar-refractivity contribution in [3.8, 4) is 0 Å². The lowest BCUT2D eigenvalue weighted by Gasteiger charge is -2.31. The van der Waals surface area contributed by atoms with Crippen molar-refractivity contribution in [2.24, 2.45) is 11.8 Å². The third-order valence-corrected chi connectivity index (χ3v) is 4.95. The van der Waals surface area contributed by atoms with Gasteiger partial charge in [0.15, 0.2) is 0 Å². The van der Waals surface area contributed by atoms with Gasteiger partial charge in [-0.05, 0) is 65.7 Å². The topological polar surface area (TPSA) is 73.9 Å². The highest BCUT2D eigenvalue weighted by molar-refractivity contribution is 5.81. The largest absolute Gasteiger partial charge is 0.461 e. The fraction of sp³-hybridized carbons (Fsp3) is 0.909. The van der Waals surface area contributed by atoms with E-state index < -0.39 is 17.7 Å². The maximum atomic E-state index is 12.7. The number of carbonyl (C=O) groups excluding carboxylic acids is 2.